The second kappa shape index (κ2) is 11.4. The van der Waals surface area contributed by atoms with E-state index in [4.69, 9.17) is 25.2 Å². The van der Waals surface area contributed by atoms with Crippen LogP contribution in [0.2, 0.25) is 0 Å². The van der Waals surface area contributed by atoms with Crippen molar-refractivity contribution in [3.8, 4) is 17.3 Å². The summed E-state index contributed by atoms with van der Waals surface area (Å²) in [5.41, 5.74) is 8.66. The van der Waals surface area contributed by atoms with E-state index in [-0.39, 0.29) is 40.7 Å². The van der Waals surface area contributed by atoms with E-state index < -0.39 is 17.7 Å². The number of aromatic nitrogens is 2. The van der Waals surface area contributed by atoms with Gasteiger partial charge in [-0.2, -0.15) is 5.26 Å². The Morgan fingerprint density at radius 1 is 1.08 bits per heavy atom. The first-order valence-corrected chi connectivity index (χ1v) is 13.2. The van der Waals surface area contributed by atoms with Crippen LogP contribution in [0.3, 0.4) is 0 Å². The third kappa shape index (κ3) is 5.19. The number of fused-ring (bicyclic) bond motifs is 1. The number of para-hydroxylation sites is 1. The van der Waals surface area contributed by atoms with Crippen molar-refractivity contribution in [2.75, 3.05) is 12.4 Å². The Hall–Kier alpha value is -4.68. The Bertz CT molecular complexity index is 1660. The fourth-order valence-electron chi connectivity index (χ4n) is 4.44. The molecule has 1 atom stereocenters. The van der Waals surface area contributed by atoms with Crippen LogP contribution in [0.25, 0.3) is 22.2 Å². The second-order valence-corrected chi connectivity index (χ2v) is 9.47. The highest BCUT2D eigenvalue weighted by atomic mass is 32.2. The third-order valence-corrected chi connectivity index (χ3v) is 7.02. The van der Waals surface area contributed by atoms with E-state index in [0.717, 1.165) is 22.2 Å². The van der Waals surface area contributed by atoms with Crippen molar-refractivity contribution >= 4 is 28.6 Å². The third-order valence-electron chi connectivity index (χ3n) is 6.17. The predicted molar refractivity (Wildman–Crippen MR) is 146 cm³/mol. The molecule has 9 heteroatoms. The number of rotatable bonds is 7. The molecule has 5 rings (SSSR count). The maximum absolute atomic E-state index is 15.0. The number of esters is 1. The quantitative estimate of drug-likeness (QED) is 0.177. The number of ether oxygens (including phenoxy) is 2. The molecule has 2 heterocycles. The average molecular weight is 539 g/mol. The van der Waals surface area contributed by atoms with Crippen LogP contribution in [-0.4, -0.2) is 28.3 Å². The van der Waals surface area contributed by atoms with Crippen LogP contribution in [0.4, 0.5) is 4.39 Å². The van der Waals surface area contributed by atoms with Gasteiger partial charge in [-0.05, 0) is 19.1 Å². The minimum absolute atomic E-state index is 0.0178. The van der Waals surface area contributed by atoms with Crippen LogP contribution in [0.15, 0.2) is 107 Å². The molecule has 0 radical (unpaired) electrons. The molecule has 0 bridgehead atoms. The molecule has 0 amide bonds. The number of thioether (sulfide) groups is 1. The fraction of sp³-hybridized carbons (Fsp3) is 0.133. The van der Waals surface area contributed by atoms with Gasteiger partial charge in [0.05, 0.1) is 35.1 Å². The van der Waals surface area contributed by atoms with E-state index in [1.54, 1.807) is 13.0 Å². The SMILES string of the molecule is CCOC(=O)C1=C(CSc2nc(-c3ccccc3)c3ccccc3n2)OC(N)=C(C#N)C1c1ccccc1F. The topological polar surface area (TPSA) is 111 Å². The van der Waals surface area contributed by atoms with Gasteiger partial charge in [-0.1, -0.05) is 78.5 Å². The zero-order valence-corrected chi connectivity index (χ0v) is 21.7. The fourth-order valence-corrected chi connectivity index (χ4v) is 5.24. The van der Waals surface area contributed by atoms with Crippen molar-refractivity contribution in [2.45, 2.75) is 18.0 Å². The van der Waals surface area contributed by atoms with Crippen LogP contribution in [0.5, 0.6) is 0 Å². The van der Waals surface area contributed by atoms with E-state index in [9.17, 15) is 14.4 Å². The van der Waals surface area contributed by atoms with Gasteiger partial charge in [-0.25, -0.2) is 19.2 Å². The predicted octanol–water partition coefficient (Wildman–Crippen LogP) is 5.85. The first kappa shape index (κ1) is 25.9. The molecule has 194 valence electrons. The number of nitriles is 1. The number of benzene rings is 3. The summed E-state index contributed by atoms with van der Waals surface area (Å²) < 4.78 is 26.1. The molecule has 0 aliphatic carbocycles. The van der Waals surface area contributed by atoms with Crippen LogP contribution in [0.1, 0.15) is 18.4 Å². The lowest BCUT2D eigenvalue weighted by Gasteiger charge is -2.28. The van der Waals surface area contributed by atoms with E-state index >= 15 is 0 Å². The number of carbonyl (C=O) groups excluding carboxylic acids is 1. The highest BCUT2D eigenvalue weighted by Gasteiger charge is 2.39. The van der Waals surface area contributed by atoms with Crippen molar-refractivity contribution in [3.05, 3.63) is 113 Å². The molecule has 1 aromatic heterocycles. The lowest BCUT2D eigenvalue weighted by Crippen LogP contribution is -2.27. The molecule has 0 saturated carbocycles. The van der Waals surface area contributed by atoms with Crippen molar-refractivity contribution in [1.29, 1.82) is 5.26 Å². The number of halogens is 1. The number of hydrogen-bond acceptors (Lipinski definition) is 8. The van der Waals surface area contributed by atoms with Gasteiger partial charge in [0.2, 0.25) is 5.88 Å². The largest absolute Gasteiger partial charge is 0.463 e. The molecule has 39 heavy (non-hydrogen) atoms. The van der Waals surface area contributed by atoms with E-state index in [1.807, 2.05) is 60.7 Å². The van der Waals surface area contributed by atoms with Gasteiger partial charge in [-0.3, -0.25) is 0 Å². The number of carbonyl (C=O) groups is 1. The van der Waals surface area contributed by atoms with E-state index in [0.29, 0.717) is 5.16 Å². The van der Waals surface area contributed by atoms with Crippen LogP contribution >= 0.6 is 11.8 Å². The average Bonchev–Trinajstić information content (AvgIpc) is 2.96. The number of nitrogens with two attached hydrogens (primary N) is 1. The van der Waals surface area contributed by atoms with Crippen molar-refractivity contribution < 1.29 is 18.7 Å². The van der Waals surface area contributed by atoms with Gasteiger partial charge in [0.1, 0.15) is 23.2 Å². The van der Waals surface area contributed by atoms with Crippen molar-refractivity contribution in [1.82, 2.24) is 9.97 Å². The molecular formula is C30H23FN4O3S. The summed E-state index contributed by atoms with van der Waals surface area (Å²) in [4.78, 5) is 22.7. The summed E-state index contributed by atoms with van der Waals surface area (Å²) in [5, 5.41) is 11.2. The van der Waals surface area contributed by atoms with Gasteiger partial charge in [0.15, 0.2) is 5.16 Å². The molecular weight excluding hydrogens is 515 g/mol. The van der Waals surface area contributed by atoms with Crippen LogP contribution < -0.4 is 5.73 Å². The summed E-state index contributed by atoms with van der Waals surface area (Å²) in [7, 11) is 0. The lowest BCUT2D eigenvalue weighted by molar-refractivity contribution is -0.139. The summed E-state index contributed by atoms with van der Waals surface area (Å²) in [6.07, 6.45) is 0. The molecule has 1 aliphatic heterocycles. The standard InChI is InChI=1S/C30H23FN4O3S/c1-2-37-29(36)26-24(38-28(33)21(16-32)25(26)19-12-6-8-14-22(19)31)17-39-30-34-23-15-9-7-13-20(23)27(35-30)18-10-4-3-5-11-18/h3-15,25H,2,17,33H2,1H3. The molecule has 0 fully saturated rings. The van der Waals surface area contributed by atoms with E-state index in [1.165, 1.54) is 30.0 Å². The molecule has 0 saturated heterocycles. The molecule has 7 nitrogen and oxygen atoms in total. The number of nitrogens with zero attached hydrogens (tertiary/aromatic N) is 3. The summed E-state index contributed by atoms with van der Waals surface area (Å²) >= 11 is 1.23. The molecule has 4 aromatic rings. The Kier molecular flexibility index (Phi) is 7.57. The van der Waals surface area contributed by atoms with Crippen molar-refractivity contribution in [3.63, 3.8) is 0 Å². The minimum Gasteiger partial charge on any atom is -0.463 e. The molecule has 1 unspecified atom stereocenters. The summed E-state index contributed by atoms with van der Waals surface area (Å²) in [6, 6.07) is 25.4. The Balaban J connectivity index is 1.58. The number of allylic oxidation sites excluding steroid dienone is 1. The Morgan fingerprint density at radius 2 is 1.79 bits per heavy atom. The summed E-state index contributed by atoms with van der Waals surface area (Å²) in [6.45, 7) is 1.75. The smallest absolute Gasteiger partial charge is 0.338 e. The van der Waals surface area contributed by atoms with Gasteiger partial charge in [0.25, 0.3) is 0 Å². The Labute approximate surface area is 228 Å². The Morgan fingerprint density at radius 3 is 2.54 bits per heavy atom. The van der Waals surface area contributed by atoms with Gasteiger partial charge in [-0.15, -0.1) is 0 Å². The van der Waals surface area contributed by atoms with E-state index in [2.05, 4.69) is 0 Å². The second-order valence-electron chi connectivity index (χ2n) is 8.53. The molecule has 0 spiro atoms. The molecule has 1 aliphatic rings. The minimum atomic E-state index is -1.09. The first-order chi connectivity index (χ1) is 19.0. The van der Waals surface area contributed by atoms with Crippen LogP contribution in [0, 0.1) is 17.1 Å². The molecule has 3 aromatic carbocycles. The zero-order valence-electron chi connectivity index (χ0n) is 20.9. The van der Waals surface area contributed by atoms with Crippen LogP contribution in [-0.2, 0) is 14.3 Å². The first-order valence-electron chi connectivity index (χ1n) is 12.2. The highest BCUT2D eigenvalue weighted by Crippen LogP contribution is 2.42. The highest BCUT2D eigenvalue weighted by molar-refractivity contribution is 7.99. The van der Waals surface area contributed by atoms with Crippen molar-refractivity contribution in [2.24, 2.45) is 5.73 Å². The number of hydrogen-bond donors (Lipinski definition) is 1. The lowest BCUT2D eigenvalue weighted by atomic mass is 9.83. The maximum atomic E-state index is 15.0. The van der Waals surface area contributed by atoms with Gasteiger partial charge < -0.3 is 15.2 Å². The zero-order chi connectivity index (χ0) is 27.4. The van der Waals surface area contributed by atoms with Gasteiger partial charge >= 0.3 is 5.97 Å². The maximum Gasteiger partial charge on any atom is 0.338 e. The monoisotopic (exact) mass is 538 g/mol. The molecule has 2 N–H and O–H groups in total. The normalized spacial score (nSPS) is 15.2. The summed E-state index contributed by atoms with van der Waals surface area (Å²) in [5.74, 6) is -2.34. The van der Waals surface area contributed by atoms with Gasteiger partial charge in [0, 0.05) is 16.5 Å².